The number of β-amino-alcohol motifs (C(OH)–C–C–N with tert-alkyl or cyclic N) is 1. The van der Waals surface area contributed by atoms with Crippen LogP contribution in [0.25, 0.3) is 0 Å². The topological polar surface area (TPSA) is 69.6 Å². The predicted molar refractivity (Wildman–Crippen MR) is 92.6 cm³/mol. The molecule has 1 aromatic carbocycles. The van der Waals surface area contributed by atoms with Crippen molar-refractivity contribution in [2.24, 2.45) is 5.92 Å². The van der Waals surface area contributed by atoms with Crippen LogP contribution in [0.15, 0.2) is 30.3 Å². The Balaban J connectivity index is 2.11. The van der Waals surface area contributed by atoms with Crippen molar-refractivity contribution in [3.63, 3.8) is 0 Å². The Morgan fingerprint density at radius 3 is 2.57 bits per heavy atom. The molecule has 1 heterocycles. The molecule has 0 bridgehead atoms. The maximum atomic E-state index is 11.4. The molecule has 0 aliphatic carbocycles. The van der Waals surface area contributed by atoms with E-state index in [0.29, 0.717) is 13.1 Å². The summed E-state index contributed by atoms with van der Waals surface area (Å²) in [6, 6.07) is 9.65. The minimum atomic E-state index is -3.20. The van der Waals surface area contributed by atoms with Crippen molar-refractivity contribution in [3.8, 4) is 0 Å². The first kappa shape index (κ1) is 18.4. The molecule has 1 aliphatic heterocycles. The van der Waals surface area contributed by atoms with Crippen molar-refractivity contribution in [2.75, 3.05) is 25.9 Å². The molecule has 5 nitrogen and oxygen atoms in total. The predicted octanol–water partition coefficient (Wildman–Crippen LogP) is 1.54. The zero-order valence-electron chi connectivity index (χ0n) is 14.2. The summed E-state index contributed by atoms with van der Waals surface area (Å²) < 4.78 is 25.6. The first-order valence-electron chi connectivity index (χ1n) is 8.18. The molecular weight excluding hydrogens is 312 g/mol. The second kappa shape index (κ2) is 7.30. The molecule has 1 saturated heterocycles. The SMILES string of the molecule is CC(C)[C@](O)(CN1CCC[C@H](NS(C)(=O)=O)C1)c1ccccc1. The van der Waals surface area contributed by atoms with Gasteiger partial charge in [-0.3, -0.25) is 4.90 Å². The third kappa shape index (κ3) is 5.01. The number of hydrogen-bond acceptors (Lipinski definition) is 4. The van der Waals surface area contributed by atoms with Crippen LogP contribution in [0.3, 0.4) is 0 Å². The number of hydrogen-bond donors (Lipinski definition) is 2. The van der Waals surface area contributed by atoms with Gasteiger partial charge in [-0.1, -0.05) is 44.2 Å². The summed E-state index contributed by atoms with van der Waals surface area (Å²) >= 11 is 0. The van der Waals surface area contributed by atoms with Gasteiger partial charge < -0.3 is 5.11 Å². The summed E-state index contributed by atoms with van der Waals surface area (Å²) in [5.41, 5.74) is -0.0259. The molecule has 0 aromatic heterocycles. The largest absolute Gasteiger partial charge is 0.384 e. The number of sulfonamides is 1. The molecule has 6 heteroatoms. The van der Waals surface area contributed by atoms with Gasteiger partial charge in [0.25, 0.3) is 0 Å². The highest BCUT2D eigenvalue weighted by atomic mass is 32.2. The highest BCUT2D eigenvalue weighted by Crippen LogP contribution is 2.31. The van der Waals surface area contributed by atoms with E-state index in [9.17, 15) is 13.5 Å². The number of piperidine rings is 1. The van der Waals surface area contributed by atoms with Gasteiger partial charge in [-0.2, -0.15) is 0 Å². The van der Waals surface area contributed by atoms with Gasteiger partial charge in [-0.15, -0.1) is 0 Å². The third-order valence-electron chi connectivity index (χ3n) is 4.58. The summed E-state index contributed by atoms with van der Waals surface area (Å²) in [4.78, 5) is 2.17. The van der Waals surface area contributed by atoms with E-state index in [-0.39, 0.29) is 12.0 Å². The van der Waals surface area contributed by atoms with E-state index >= 15 is 0 Å². The summed E-state index contributed by atoms with van der Waals surface area (Å²) in [5, 5.41) is 11.3. The normalized spacial score (nSPS) is 22.9. The molecule has 1 fully saturated rings. The lowest BCUT2D eigenvalue weighted by molar-refractivity contribution is -0.0455. The first-order valence-corrected chi connectivity index (χ1v) is 10.1. The fourth-order valence-corrected chi connectivity index (χ4v) is 4.07. The van der Waals surface area contributed by atoms with Crippen LogP contribution in [0.4, 0.5) is 0 Å². The van der Waals surface area contributed by atoms with E-state index in [1.54, 1.807) is 0 Å². The van der Waals surface area contributed by atoms with Crippen LogP contribution < -0.4 is 4.72 Å². The Bertz CT molecular complexity index is 604. The lowest BCUT2D eigenvalue weighted by Crippen LogP contribution is -2.52. The molecular formula is C17H28N2O3S. The van der Waals surface area contributed by atoms with E-state index in [1.807, 2.05) is 44.2 Å². The van der Waals surface area contributed by atoms with Crippen LogP contribution in [0, 0.1) is 5.92 Å². The average molecular weight is 340 g/mol. The van der Waals surface area contributed by atoms with E-state index in [1.165, 1.54) is 6.26 Å². The number of nitrogens with one attached hydrogen (secondary N) is 1. The molecule has 0 radical (unpaired) electrons. The number of benzene rings is 1. The molecule has 0 unspecified atom stereocenters. The number of rotatable bonds is 6. The molecule has 1 aromatic rings. The van der Waals surface area contributed by atoms with Gasteiger partial charge in [0.15, 0.2) is 0 Å². The minimum absolute atomic E-state index is 0.0631. The van der Waals surface area contributed by atoms with E-state index in [0.717, 1.165) is 24.9 Å². The van der Waals surface area contributed by atoms with Crippen LogP contribution in [-0.2, 0) is 15.6 Å². The van der Waals surface area contributed by atoms with Crippen molar-refractivity contribution in [3.05, 3.63) is 35.9 Å². The Hall–Kier alpha value is -0.950. The number of aliphatic hydroxyl groups is 1. The molecule has 2 N–H and O–H groups in total. The second-order valence-electron chi connectivity index (χ2n) is 6.91. The van der Waals surface area contributed by atoms with Gasteiger partial charge in [0.05, 0.1) is 6.26 Å². The van der Waals surface area contributed by atoms with Gasteiger partial charge in [0, 0.05) is 19.1 Å². The zero-order chi connectivity index (χ0) is 17.1. The van der Waals surface area contributed by atoms with Crippen LogP contribution in [-0.4, -0.2) is 50.4 Å². The van der Waals surface area contributed by atoms with Gasteiger partial charge in [0.1, 0.15) is 5.60 Å². The third-order valence-corrected chi connectivity index (χ3v) is 5.34. The van der Waals surface area contributed by atoms with Gasteiger partial charge in [-0.05, 0) is 30.9 Å². The maximum absolute atomic E-state index is 11.4. The fraction of sp³-hybridized carbons (Fsp3) is 0.647. The molecule has 2 atom stereocenters. The second-order valence-corrected chi connectivity index (χ2v) is 8.69. The van der Waals surface area contributed by atoms with Crippen molar-refractivity contribution >= 4 is 10.0 Å². The van der Waals surface area contributed by atoms with Gasteiger partial charge in [0.2, 0.25) is 10.0 Å². The molecule has 0 spiro atoms. The Morgan fingerprint density at radius 2 is 2.00 bits per heavy atom. The summed E-state index contributed by atoms with van der Waals surface area (Å²) in [7, 11) is -3.20. The molecule has 23 heavy (non-hydrogen) atoms. The summed E-state index contributed by atoms with van der Waals surface area (Å²) in [6.45, 7) is 6.06. The summed E-state index contributed by atoms with van der Waals surface area (Å²) in [6.07, 6.45) is 2.96. The van der Waals surface area contributed by atoms with Crippen LogP contribution in [0.5, 0.6) is 0 Å². The van der Waals surface area contributed by atoms with E-state index < -0.39 is 15.6 Å². The fourth-order valence-electron chi connectivity index (χ4n) is 3.27. The van der Waals surface area contributed by atoms with Crippen LogP contribution >= 0.6 is 0 Å². The van der Waals surface area contributed by atoms with Crippen LogP contribution in [0.2, 0.25) is 0 Å². The average Bonchev–Trinajstić information content (AvgIpc) is 2.46. The van der Waals surface area contributed by atoms with Gasteiger partial charge in [-0.25, -0.2) is 13.1 Å². The van der Waals surface area contributed by atoms with Crippen molar-refractivity contribution in [1.82, 2.24) is 9.62 Å². The lowest BCUT2D eigenvalue weighted by atomic mass is 9.82. The number of nitrogens with zero attached hydrogens (tertiary/aromatic N) is 1. The first-order chi connectivity index (χ1) is 10.7. The zero-order valence-corrected chi connectivity index (χ0v) is 15.0. The Labute approximate surface area is 139 Å². The standard InChI is InChI=1S/C17H28N2O3S/c1-14(2)17(20,15-8-5-4-6-9-15)13-19-11-7-10-16(12-19)18-23(3,21)22/h4-6,8-9,14,16,18,20H,7,10-13H2,1-3H3/t16-,17+/m0/s1. The lowest BCUT2D eigenvalue weighted by Gasteiger charge is -2.41. The smallest absolute Gasteiger partial charge is 0.208 e. The van der Waals surface area contributed by atoms with Crippen molar-refractivity contribution < 1.29 is 13.5 Å². The minimum Gasteiger partial charge on any atom is -0.384 e. The maximum Gasteiger partial charge on any atom is 0.208 e. The number of likely N-dealkylation sites (tertiary alicyclic amines) is 1. The van der Waals surface area contributed by atoms with Crippen LogP contribution in [0.1, 0.15) is 32.3 Å². The van der Waals surface area contributed by atoms with E-state index in [4.69, 9.17) is 0 Å². The molecule has 2 rings (SSSR count). The highest BCUT2D eigenvalue weighted by molar-refractivity contribution is 7.88. The van der Waals surface area contributed by atoms with Gasteiger partial charge >= 0.3 is 0 Å². The van der Waals surface area contributed by atoms with Crippen molar-refractivity contribution in [2.45, 2.75) is 38.3 Å². The molecule has 0 amide bonds. The molecule has 0 saturated carbocycles. The monoisotopic (exact) mass is 340 g/mol. The Kier molecular flexibility index (Phi) is 5.84. The van der Waals surface area contributed by atoms with E-state index in [2.05, 4.69) is 9.62 Å². The molecule has 1 aliphatic rings. The van der Waals surface area contributed by atoms with Crippen molar-refractivity contribution in [1.29, 1.82) is 0 Å². The quantitative estimate of drug-likeness (QED) is 0.824. The Morgan fingerprint density at radius 1 is 1.35 bits per heavy atom. The molecule has 130 valence electrons. The summed E-state index contributed by atoms with van der Waals surface area (Å²) in [5.74, 6) is 0.0631. The highest BCUT2D eigenvalue weighted by Gasteiger charge is 2.36.